The average molecular weight is 343 g/mol. The van der Waals surface area contributed by atoms with E-state index in [2.05, 4.69) is 25.2 Å². The van der Waals surface area contributed by atoms with Crippen LogP contribution in [0.2, 0.25) is 0 Å². The summed E-state index contributed by atoms with van der Waals surface area (Å²) < 4.78 is 0. The Balaban J connectivity index is 1.64. The molecular formula is C16H21N7O2. The summed E-state index contributed by atoms with van der Waals surface area (Å²) in [6.07, 6.45) is 6.05. The molecule has 0 aromatic carbocycles. The van der Waals surface area contributed by atoms with Crippen LogP contribution in [0.4, 0.5) is 22.1 Å². The summed E-state index contributed by atoms with van der Waals surface area (Å²) in [7, 11) is 1.75. The number of likely N-dealkylation sites (N-methyl/N-ethyl adjacent to an activating group) is 1. The summed E-state index contributed by atoms with van der Waals surface area (Å²) in [4.78, 5) is 38.0. The van der Waals surface area contributed by atoms with Gasteiger partial charge < -0.3 is 20.5 Å². The number of amides is 2. The number of aromatic amines is 1. The molecule has 2 amide bonds. The van der Waals surface area contributed by atoms with E-state index in [4.69, 9.17) is 5.73 Å². The van der Waals surface area contributed by atoms with Gasteiger partial charge in [0.15, 0.2) is 0 Å². The lowest BCUT2D eigenvalue weighted by Crippen LogP contribution is -2.50. The second kappa shape index (κ2) is 7.20. The van der Waals surface area contributed by atoms with E-state index in [0.29, 0.717) is 18.1 Å². The molecule has 1 aliphatic rings. The number of nitrogens with one attached hydrogen (secondary N) is 2. The van der Waals surface area contributed by atoms with Crippen LogP contribution < -0.4 is 21.5 Å². The number of hydrogen-bond acceptors (Lipinski definition) is 6. The molecule has 0 saturated carbocycles. The van der Waals surface area contributed by atoms with Gasteiger partial charge in [-0.25, -0.2) is 14.8 Å². The highest BCUT2D eigenvalue weighted by atomic mass is 16.2. The van der Waals surface area contributed by atoms with Crippen molar-refractivity contribution in [3.8, 4) is 0 Å². The summed E-state index contributed by atoms with van der Waals surface area (Å²) in [6, 6.07) is 3.36. The molecule has 1 unspecified atom stereocenters. The fraction of sp³-hybridized carbons (Fsp3) is 0.375. The lowest BCUT2D eigenvalue weighted by atomic mass is 10.0. The van der Waals surface area contributed by atoms with E-state index in [1.807, 2.05) is 6.07 Å². The smallest absolute Gasteiger partial charge is 0.323 e. The van der Waals surface area contributed by atoms with Crippen molar-refractivity contribution in [3.63, 3.8) is 0 Å². The molecule has 25 heavy (non-hydrogen) atoms. The molecule has 9 heteroatoms. The topological polar surface area (TPSA) is 120 Å². The van der Waals surface area contributed by atoms with Gasteiger partial charge in [0.25, 0.3) is 5.56 Å². The first-order chi connectivity index (χ1) is 12.0. The van der Waals surface area contributed by atoms with Crippen LogP contribution in [0.5, 0.6) is 0 Å². The third-order valence-electron chi connectivity index (χ3n) is 4.27. The number of nitrogens with two attached hydrogens (primary N) is 1. The molecule has 9 nitrogen and oxygen atoms in total. The highest BCUT2D eigenvalue weighted by Crippen LogP contribution is 2.22. The number of nitrogens with zero attached hydrogens (tertiary/aromatic N) is 4. The van der Waals surface area contributed by atoms with Crippen molar-refractivity contribution >= 4 is 23.4 Å². The third-order valence-corrected chi connectivity index (χ3v) is 4.27. The number of pyridine rings is 1. The predicted molar refractivity (Wildman–Crippen MR) is 95.5 cm³/mol. The largest absolute Gasteiger partial charge is 0.399 e. The number of anilines is 3. The number of H-pyrrole nitrogens is 1. The fourth-order valence-corrected chi connectivity index (χ4v) is 2.86. The van der Waals surface area contributed by atoms with Crippen LogP contribution in [0, 0.1) is 0 Å². The maximum atomic E-state index is 12.4. The molecule has 1 fully saturated rings. The molecular weight excluding hydrogens is 322 g/mol. The lowest BCUT2D eigenvalue weighted by molar-refractivity contribution is 0.195. The molecule has 1 aliphatic heterocycles. The van der Waals surface area contributed by atoms with Crippen molar-refractivity contribution in [2.75, 3.05) is 36.1 Å². The minimum absolute atomic E-state index is 0.0414. The highest BCUT2D eigenvalue weighted by molar-refractivity contribution is 5.88. The van der Waals surface area contributed by atoms with E-state index in [1.54, 1.807) is 24.2 Å². The first kappa shape index (κ1) is 16.7. The van der Waals surface area contributed by atoms with Gasteiger partial charge in [-0.1, -0.05) is 0 Å². The number of urea groups is 1. The normalized spacial score (nSPS) is 17.2. The molecule has 0 aliphatic carbocycles. The van der Waals surface area contributed by atoms with Crippen molar-refractivity contribution in [2.24, 2.45) is 0 Å². The number of carbonyl (C=O) groups excluding carboxylic acids is 1. The Bertz CT molecular complexity index is 787. The zero-order valence-corrected chi connectivity index (χ0v) is 14.0. The van der Waals surface area contributed by atoms with Crippen LogP contribution in [0.1, 0.15) is 12.8 Å². The first-order valence-corrected chi connectivity index (χ1v) is 8.08. The zero-order valence-electron chi connectivity index (χ0n) is 14.0. The zero-order chi connectivity index (χ0) is 17.8. The minimum Gasteiger partial charge on any atom is -0.399 e. The van der Waals surface area contributed by atoms with Crippen LogP contribution in [-0.4, -0.2) is 52.1 Å². The van der Waals surface area contributed by atoms with Crippen molar-refractivity contribution in [1.29, 1.82) is 0 Å². The van der Waals surface area contributed by atoms with Crippen molar-refractivity contribution in [2.45, 2.75) is 18.9 Å². The Hall–Kier alpha value is -3.10. The number of piperidine rings is 1. The molecule has 1 saturated heterocycles. The Morgan fingerprint density at radius 2 is 2.32 bits per heavy atom. The van der Waals surface area contributed by atoms with Crippen LogP contribution in [0.15, 0.2) is 35.5 Å². The number of hydrogen-bond donors (Lipinski definition) is 3. The van der Waals surface area contributed by atoms with Gasteiger partial charge in [-0.05, 0) is 18.9 Å². The van der Waals surface area contributed by atoms with Crippen LogP contribution in [0.25, 0.3) is 0 Å². The number of carbonyl (C=O) groups is 1. The van der Waals surface area contributed by atoms with Gasteiger partial charge in [-0.15, -0.1) is 0 Å². The van der Waals surface area contributed by atoms with Crippen molar-refractivity contribution in [1.82, 2.24) is 19.9 Å². The van der Waals surface area contributed by atoms with Gasteiger partial charge in [-0.3, -0.25) is 10.1 Å². The van der Waals surface area contributed by atoms with Gasteiger partial charge in [-0.2, -0.15) is 0 Å². The Morgan fingerprint density at radius 1 is 1.48 bits per heavy atom. The molecule has 0 spiro atoms. The summed E-state index contributed by atoms with van der Waals surface area (Å²) in [5.41, 5.74) is 6.18. The quantitative estimate of drug-likeness (QED) is 0.761. The van der Waals surface area contributed by atoms with Gasteiger partial charge >= 0.3 is 6.03 Å². The monoisotopic (exact) mass is 343 g/mol. The first-order valence-electron chi connectivity index (χ1n) is 8.08. The number of rotatable bonds is 3. The summed E-state index contributed by atoms with van der Waals surface area (Å²) >= 11 is 0. The number of aromatic nitrogens is 3. The molecule has 3 rings (SSSR count). The molecule has 132 valence electrons. The second-order valence-electron chi connectivity index (χ2n) is 6.03. The number of nitrogen functional groups attached to an aromatic ring is 1. The Labute approximate surface area is 144 Å². The second-order valence-corrected chi connectivity index (χ2v) is 6.03. The van der Waals surface area contributed by atoms with E-state index >= 15 is 0 Å². The van der Waals surface area contributed by atoms with Crippen LogP contribution in [0.3, 0.4) is 0 Å². The lowest BCUT2D eigenvalue weighted by Gasteiger charge is -2.38. The standard InChI is InChI=1S/C16H21N7O2/c1-22(16(25)21-13-8-20-15(24)9-19-13)12-3-2-6-23(10-12)14-7-11(17)4-5-18-14/h4-5,7-9,12H,2-3,6,10H2,1H3,(H2,17,18)(H,20,24)(H,19,21,25). The van der Waals surface area contributed by atoms with Gasteiger partial charge in [0.05, 0.1) is 12.2 Å². The van der Waals surface area contributed by atoms with E-state index < -0.39 is 0 Å². The summed E-state index contributed by atoms with van der Waals surface area (Å²) in [5.74, 6) is 1.13. The molecule has 1 atom stereocenters. The maximum Gasteiger partial charge on any atom is 0.323 e. The maximum absolute atomic E-state index is 12.4. The molecule has 2 aromatic rings. The van der Waals surface area contributed by atoms with Crippen molar-refractivity contribution in [3.05, 3.63) is 41.1 Å². The molecule has 0 bridgehead atoms. The van der Waals surface area contributed by atoms with Gasteiger partial charge in [0, 0.05) is 44.3 Å². The fourth-order valence-electron chi connectivity index (χ4n) is 2.86. The Kier molecular flexibility index (Phi) is 4.82. The highest BCUT2D eigenvalue weighted by Gasteiger charge is 2.27. The van der Waals surface area contributed by atoms with Crippen molar-refractivity contribution < 1.29 is 4.79 Å². The van der Waals surface area contributed by atoms with E-state index in [9.17, 15) is 9.59 Å². The summed E-state index contributed by atoms with van der Waals surface area (Å²) in [5, 5.41) is 2.68. The van der Waals surface area contributed by atoms with Gasteiger partial charge in [0.1, 0.15) is 11.6 Å². The molecule has 4 N–H and O–H groups in total. The predicted octanol–water partition coefficient (Wildman–Crippen LogP) is 0.880. The minimum atomic E-state index is -0.316. The van der Waals surface area contributed by atoms with E-state index in [0.717, 1.165) is 31.4 Å². The van der Waals surface area contributed by atoms with Gasteiger partial charge in [0.2, 0.25) is 0 Å². The molecule has 3 heterocycles. The van der Waals surface area contributed by atoms with E-state index in [-0.39, 0.29) is 17.6 Å². The van der Waals surface area contributed by atoms with Crippen LogP contribution in [-0.2, 0) is 0 Å². The third kappa shape index (κ3) is 4.06. The van der Waals surface area contributed by atoms with E-state index in [1.165, 1.54) is 6.20 Å². The average Bonchev–Trinajstić information content (AvgIpc) is 2.63. The molecule has 2 aromatic heterocycles. The summed E-state index contributed by atoms with van der Waals surface area (Å²) in [6.45, 7) is 1.56. The SMILES string of the molecule is CN(C(=O)Nc1c[nH]c(=O)cn1)C1CCCN(c2cc(N)ccn2)C1. The van der Waals surface area contributed by atoms with Crippen LogP contribution >= 0.6 is 0 Å². The Morgan fingerprint density at radius 3 is 3.04 bits per heavy atom. The molecule has 0 radical (unpaired) electrons.